The highest BCUT2D eigenvalue weighted by atomic mass is 19.1. The molecular weight excluding hydrogens is 357 g/mol. The van der Waals surface area contributed by atoms with Gasteiger partial charge < -0.3 is 14.5 Å². The van der Waals surface area contributed by atoms with Crippen molar-refractivity contribution >= 4 is 5.91 Å². The Kier molecular flexibility index (Phi) is 7.68. The van der Waals surface area contributed by atoms with Crippen molar-refractivity contribution in [3.8, 4) is 5.75 Å². The number of hydrogen-bond acceptors (Lipinski definition) is 4. The van der Waals surface area contributed by atoms with E-state index >= 15 is 0 Å². The first-order valence-electron chi connectivity index (χ1n) is 10.6. The van der Waals surface area contributed by atoms with Crippen LogP contribution in [-0.4, -0.2) is 73.5 Å². The van der Waals surface area contributed by atoms with Crippen molar-refractivity contribution in [1.82, 2.24) is 14.7 Å². The zero-order valence-corrected chi connectivity index (χ0v) is 17.3. The summed E-state index contributed by atoms with van der Waals surface area (Å²) >= 11 is 0. The van der Waals surface area contributed by atoms with Gasteiger partial charge in [0.2, 0.25) is 5.91 Å². The maximum absolute atomic E-state index is 14.0. The largest absolute Gasteiger partial charge is 0.497 e. The summed E-state index contributed by atoms with van der Waals surface area (Å²) in [7, 11) is 1.60. The quantitative estimate of drug-likeness (QED) is 0.716. The van der Waals surface area contributed by atoms with Gasteiger partial charge in [-0.3, -0.25) is 9.69 Å². The highest BCUT2D eigenvalue weighted by Gasteiger charge is 2.24. The summed E-state index contributed by atoms with van der Waals surface area (Å²) in [5.41, 5.74) is 0.694. The number of ether oxygens (including phenoxy) is 1. The molecule has 0 saturated carbocycles. The van der Waals surface area contributed by atoms with E-state index in [0.29, 0.717) is 36.1 Å². The molecule has 2 aliphatic heterocycles. The number of nitrogens with zero attached hydrogens (tertiary/aromatic N) is 3. The number of methoxy groups -OCH3 is 1. The number of carbonyl (C=O) groups is 1. The van der Waals surface area contributed by atoms with E-state index in [1.54, 1.807) is 19.2 Å². The number of hydrogen-bond donors (Lipinski definition) is 0. The number of amides is 1. The third-order valence-electron chi connectivity index (χ3n) is 6.29. The van der Waals surface area contributed by atoms with Crippen LogP contribution in [0.3, 0.4) is 0 Å². The topological polar surface area (TPSA) is 36.0 Å². The molecule has 0 bridgehead atoms. The minimum absolute atomic E-state index is 0.170. The van der Waals surface area contributed by atoms with Crippen molar-refractivity contribution in [2.24, 2.45) is 5.92 Å². The minimum Gasteiger partial charge on any atom is -0.497 e. The lowest BCUT2D eigenvalue weighted by molar-refractivity contribution is -0.133. The van der Waals surface area contributed by atoms with E-state index in [1.807, 2.05) is 4.90 Å². The van der Waals surface area contributed by atoms with Gasteiger partial charge in [0.25, 0.3) is 0 Å². The molecule has 0 N–H and O–H groups in total. The second-order valence-corrected chi connectivity index (χ2v) is 8.03. The summed E-state index contributed by atoms with van der Waals surface area (Å²) in [6.07, 6.45) is 3.82. The molecule has 0 unspecified atom stereocenters. The third kappa shape index (κ3) is 5.67. The first kappa shape index (κ1) is 21.1. The Morgan fingerprint density at radius 3 is 2.46 bits per heavy atom. The molecule has 28 heavy (non-hydrogen) atoms. The molecule has 2 aliphatic rings. The van der Waals surface area contributed by atoms with E-state index in [-0.39, 0.29) is 5.82 Å². The molecule has 1 amide bonds. The molecule has 2 heterocycles. The number of likely N-dealkylation sites (N-methyl/N-ethyl adjacent to an activating group) is 1. The van der Waals surface area contributed by atoms with E-state index < -0.39 is 0 Å². The van der Waals surface area contributed by atoms with Gasteiger partial charge >= 0.3 is 0 Å². The van der Waals surface area contributed by atoms with Crippen LogP contribution in [0.1, 0.15) is 38.2 Å². The van der Waals surface area contributed by atoms with Gasteiger partial charge in [-0.05, 0) is 63.0 Å². The number of piperidine rings is 1. The maximum atomic E-state index is 14.0. The van der Waals surface area contributed by atoms with Crippen molar-refractivity contribution in [3.05, 3.63) is 29.6 Å². The van der Waals surface area contributed by atoms with Crippen molar-refractivity contribution in [3.63, 3.8) is 0 Å². The highest BCUT2D eigenvalue weighted by Crippen LogP contribution is 2.25. The van der Waals surface area contributed by atoms with E-state index in [2.05, 4.69) is 16.7 Å². The van der Waals surface area contributed by atoms with Crippen LogP contribution in [-0.2, 0) is 11.3 Å². The van der Waals surface area contributed by atoms with Gasteiger partial charge in [-0.15, -0.1) is 0 Å². The van der Waals surface area contributed by atoms with Crippen LogP contribution in [0.2, 0.25) is 0 Å². The molecule has 0 aliphatic carbocycles. The summed E-state index contributed by atoms with van der Waals surface area (Å²) < 4.78 is 19.3. The molecule has 0 atom stereocenters. The SMILES string of the molecule is CCN1CCN(C(=O)CCC2CCN(Cc3cc(OC)ccc3F)CC2)CC1. The van der Waals surface area contributed by atoms with Gasteiger partial charge in [0.1, 0.15) is 11.6 Å². The molecule has 156 valence electrons. The van der Waals surface area contributed by atoms with E-state index in [4.69, 9.17) is 4.74 Å². The molecule has 1 aromatic rings. The Morgan fingerprint density at radius 2 is 1.82 bits per heavy atom. The molecule has 6 heteroatoms. The monoisotopic (exact) mass is 391 g/mol. The summed E-state index contributed by atoms with van der Waals surface area (Å²) in [6.45, 7) is 9.54. The zero-order chi connectivity index (χ0) is 19.9. The van der Waals surface area contributed by atoms with E-state index in [1.165, 1.54) is 6.07 Å². The maximum Gasteiger partial charge on any atom is 0.222 e. The Balaban J connectivity index is 1.38. The Morgan fingerprint density at radius 1 is 1.11 bits per heavy atom. The molecule has 0 radical (unpaired) electrons. The molecular formula is C22H34FN3O2. The summed E-state index contributed by atoms with van der Waals surface area (Å²) in [6, 6.07) is 4.93. The van der Waals surface area contributed by atoms with Crippen LogP contribution in [0, 0.1) is 11.7 Å². The summed E-state index contributed by atoms with van der Waals surface area (Å²) in [4.78, 5) is 19.2. The molecule has 2 saturated heterocycles. The standard InChI is InChI=1S/C22H34FN3O2/c1-3-24-12-14-26(15-13-24)22(27)7-4-18-8-10-25(11-9-18)17-19-16-20(28-2)5-6-21(19)23/h5-6,16,18H,3-4,7-15,17H2,1-2H3. The van der Waals surface area contributed by atoms with E-state index in [9.17, 15) is 9.18 Å². The van der Waals surface area contributed by atoms with Crippen molar-refractivity contribution in [1.29, 1.82) is 0 Å². The highest BCUT2D eigenvalue weighted by molar-refractivity contribution is 5.76. The van der Waals surface area contributed by atoms with Gasteiger partial charge in [0.15, 0.2) is 0 Å². The fraction of sp³-hybridized carbons (Fsp3) is 0.682. The lowest BCUT2D eigenvalue weighted by Gasteiger charge is -2.35. The van der Waals surface area contributed by atoms with E-state index in [0.717, 1.165) is 65.1 Å². The molecule has 3 rings (SSSR count). The van der Waals surface area contributed by atoms with Gasteiger partial charge in [-0.2, -0.15) is 0 Å². The number of benzene rings is 1. The second-order valence-electron chi connectivity index (χ2n) is 8.03. The first-order chi connectivity index (χ1) is 13.6. The predicted octanol–water partition coefficient (Wildman–Crippen LogP) is 2.99. The Hall–Kier alpha value is -1.66. The average Bonchev–Trinajstić information content (AvgIpc) is 2.74. The third-order valence-corrected chi connectivity index (χ3v) is 6.29. The first-order valence-corrected chi connectivity index (χ1v) is 10.6. The lowest BCUT2D eigenvalue weighted by atomic mass is 9.91. The fourth-order valence-corrected chi connectivity index (χ4v) is 4.27. The number of carbonyl (C=O) groups excluding carboxylic acids is 1. The second kappa shape index (κ2) is 10.2. The fourth-order valence-electron chi connectivity index (χ4n) is 4.27. The van der Waals surface area contributed by atoms with Crippen molar-refractivity contribution in [2.75, 3.05) is 52.9 Å². The summed E-state index contributed by atoms with van der Waals surface area (Å²) in [5.74, 6) is 1.45. The predicted molar refractivity (Wildman–Crippen MR) is 109 cm³/mol. The lowest BCUT2D eigenvalue weighted by Crippen LogP contribution is -2.48. The van der Waals surface area contributed by atoms with Crippen LogP contribution in [0.4, 0.5) is 4.39 Å². The van der Waals surface area contributed by atoms with Crippen LogP contribution in [0.5, 0.6) is 5.75 Å². The van der Waals surface area contributed by atoms with Crippen molar-refractivity contribution < 1.29 is 13.9 Å². The van der Waals surface area contributed by atoms with Crippen LogP contribution in [0.25, 0.3) is 0 Å². The zero-order valence-electron chi connectivity index (χ0n) is 17.3. The average molecular weight is 392 g/mol. The Bertz CT molecular complexity index is 639. The van der Waals surface area contributed by atoms with Crippen molar-refractivity contribution in [2.45, 2.75) is 39.2 Å². The number of halogens is 1. The molecule has 5 nitrogen and oxygen atoms in total. The normalized spacial score (nSPS) is 19.8. The van der Waals surface area contributed by atoms with Gasteiger partial charge in [-0.25, -0.2) is 4.39 Å². The van der Waals surface area contributed by atoms with Gasteiger partial charge in [-0.1, -0.05) is 6.92 Å². The smallest absolute Gasteiger partial charge is 0.222 e. The van der Waals surface area contributed by atoms with Crippen LogP contribution < -0.4 is 4.74 Å². The Labute approximate surface area is 168 Å². The van der Waals surface area contributed by atoms with Crippen LogP contribution >= 0.6 is 0 Å². The minimum atomic E-state index is -0.170. The van der Waals surface area contributed by atoms with Crippen LogP contribution in [0.15, 0.2) is 18.2 Å². The molecule has 0 spiro atoms. The molecule has 2 fully saturated rings. The molecule has 1 aromatic carbocycles. The van der Waals surface area contributed by atoms with Gasteiger partial charge in [0.05, 0.1) is 7.11 Å². The number of piperazine rings is 1. The molecule has 0 aromatic heterocycles. The van der Waals surface area contributed by atoms with Gasteiger partial charge in [0, 0.05) is 44.7 Å². The summed E-state index contributed by atoms with van der Waals surface area (Å²) in [5, 5.41) is 0. The number of rotatable bonds is 7. The number of likely N-dealkylation sites (tertiary alicyclic amines) is 1.